The molecule has 114 valence electrons. The smallest absolute Gasteiger partial charge is 0.341 e. The van der Waals surface area contributed by atoms with Gasteiger partial charge < -0.3 is 15.2 Å². The summed E-state index contributed by atoms with van der Waals surface area (Å²) in [7, 11) is 0. The van der Waals surface area contributed by atoms with Crippen LogP contribution in [0.15, 0.2) is 46.9 Å². The predicted octanol–water partition coefficient (Wildman–Crippen LogP) is 3.09. The van der Waals surface area contributed by atoms with Gasteiger partial charge in [0.15, 0.2) is 6.61 Å². The number of hydrogen-bond donors (Lipinski definition) is 2. The summed E-state index contributed by atoms with van der Waals surface area (Å²) < 4.78 is 18.8. The third kappa shape index (κ3) is 4.29. The second kappa shape index (κ2) is 7.04. The number of phenols is 1. The zero-order valence-electron chi connectivity index (χ0n) is 11.2. The lowest BCUT2D eigenvalue weighted by molar-refractivity contribution is -0.119. The van der Waals surface area contributed by atoms with Crippen molar-refractivity contribution >= 4 is 33.5 Å². The summed E-state index contributed by atoms with van der Waals surface area (Å²) in [5, 5.41) is 11.6. The Kier molecular flexibility index (Phi) is 5.11. The molecule has 0 unspecified atom stereocenters. The van der Waals surface area contributed by atoms with Crippen LogP contribution in [0, 0.1) is 5.82 Å². The van der Waals surface area contributed by atoms with E-state index in [1.165, 1.54) is 36.4 Å². The number of aromatic hydroxyl groups is 1. The Morgan fingerprint density at radius 1 is 1.18 bits per heavy atom. The minimum Gasteiger partial charge on any atom is -0.508 e. The van der Waals surface area contributed by atoms with E-state index in [-0.39, 0.29) is 11.3 Å². The molecule has 0 aromatic heterocycles. The van der Waals surface area contributed by atoms with Gasteiger partial charge in [0, 0.05) is 10.2 Å². The molecule has 0 saturated carbocycles. The van der Waals surface area contributed by atoms with Crippen molar-refractivity contribution in [3.05, 3.63) is 58.3 Å². The molecule has 0 fully saturated rings. The van der Waals surface area contributed by atoms with E-state index in [2.05, 4.69) is 21.2 Å². The Hall–Kier alpha value is -2.41. The average Bonchev–Trinajstić information content (AvgIpc) is 2.49. The van der Waals surface area contributed by atoms with Crippen LogP contribution in [0.25, 0.3) is 0 Å². The fourth-order valence-electron chi connectivity index (χ4n) is 1.60. The minimum absolute atomic E-state index is 0.0644. The molecule has 0 heterocycles. The maximum atomic E-state index is 13.5. The molecule has 0 saturated heterocycles. The number of anilines is 1. The van der Waals surface area contributed by atoms with E-state index in [0.717, 1.165) is 6.07 Å². The highest BCUT2D eigenvalue weighted by atomic mass is 79.9. The van der Waals surface area contributed by atoms with Crippen LogP contribution in [0.3, 0.4) is 0 Å². The van der Waals surface area contributed by atoms with Gasteiger partial charge in [-0.3, -0.25) is 4.79 Å². The van der Waals surface area contributed by atoms with E-state index in [1.54, 1.807) is 0 Å². The number of benzene rings is 2. The lowest BCUT2D eigenvalue weighted by atomic mass is 10.2. The molecule has 5 nitrogen and oxygen atoms in total. The van der Waals surface area contributed by atoms with Gasteiger partial charge in [0.2, 0.25) is 0 Å². The molecule has 22 heavy (non-hydrogen) atoms. The molecule has 1 amide bonds. The van der Waals surface area contributed by atoms with Crippen LogP contribution >= 0.6 is 15.9 Å². The number of nitrogens with one attached hydrogen (secondary N) is 1. The fraction of sp³-hybridized carbons (Fsp3) is 0.0667. The van der Waals surface area contributed by atoms with Gasteiger partial charge in [-0.25, -0.2) is 9.18 Å². The Bertz CT molecular complexity index is 703. The van der Waals surface area contributed by atoms with Gasteiger partial charge in [-0.15, -0.1) is 0 Å². The average molecular weight is 368 g/mol. The van der Waals surface area contributed by atoms with Crippen LogP contribution in [0.4, 0.5) is 10.1 Å². The first-order valence-corrected chi connectivity index (χ1v) is 6.96. The summed E-state index contributed by atoms with van der Waals surface area (Å²) in [6.07, 6.45) is 0. The predicted molar refractivity (Wildman–Crippen MR) is 81.1 cm³/mol. The normalized spacial score (nSPS) is 10.1. The number of phenolic OH excluding ortho intramolecular Hbond substituents is 1. The summed E-state index contributed by atoms with van der Waals surface area (Å²) in [6.45, 7) is -0.550. The van der Waals surface area contributed by atoms with Crippen LogP contribution in [0.1, 0.15) is 10.4 Å². The van der Waals surface area contributed by atoms with E-state index >= 15 is 0 Å². The van der Waals surface area contributed by atoms with Crippen molar-refractivity contribution in [2.75, 3.05) is 11.9 Å². The lowest BCUT2D eigenvalue weighted by Crippen LogP contribution is -2.21. The van der Waals surface area contributed by atoms with E-state index in [0.29, 0.717) is 10.2 Å². The summed E-state index contributed by atoms with van der Waals surface area (Å²) in [5.74, 6) is -2.17. The maximum absolute atomic E-state index is 13.5. The SMILES string of the molecule is O=C(COC(=O)c1cc(Br)ccc1F)Nc1ccc(O)cc1. The minimum atomic E-state index is -0.931. The van der Waals surface area contributed by atoms with Gasteiger partial charge in [-0.1, -0.05) is 15.9 Å². The third-order valence-corrected chi connectivity index (χ3v) is 3.13. The van der Waals surface area contributed by atoms with Crippen LogP contribution < -0.4 is 5.32 Å². The van der Waals surface area contributed by atoms with Crippen LogP contribution in [0.2, 0.25) is 0 Å². The van der Waals surface area contributed by atoms with Crippen molar-refractivity contribution < 1.29 is 23.8 Å². The van der Waals surface area contributed by atoms with Gasteiger partial charge in [-0.2, -0.15) is 0 Å². The van der Waals surface area contributed by atoms with Crippen LogP contribution in [-0.2, 0) is 9.53 Å². The Morgan fingerprint density at radius 2 is 1.86 bits per heavy atom. The molecule has 2 aromatic carbocycles. The summed E-state index contributed by atoms with van der Waals surface area (Å²) in [4.78, 5) is 23.4. The Labute approximate surface area is 133 Å². The molecule has 7 heteroatoms. The molecule has 0 radical (unpaired) electrons. The van der Waals surface area contributed by atoms with E-state index < -0.39 is 24.3 Å². The van der Waals surface area contributed by atoms with Gasteiger partial charge in [0.1, 0.15) is 11.6 Å². The maximum Gasteiger partial charge on any atom is 0.341 e. The standard InChI is InChI=1S/C15H11BrFNO4/c16-9-1-6-13(17)12(7-9)15(21)22-8-14(20)18-10-2-4-11(19)5-3-10/h1-7,19H,8H2,(H,18,20). The molecule has 0 aliphatic rings. The second-order valence-electron chi connectivity index (χ2n) is 4.30. The number of esters is 1. The van der Waals surface area contributed by atoms with Crippen molar-refractivity contribution in [1.29, 1.82) is 0 Å². The molecule has 2 N–H and O–H groups in total. The van der Waals surface area contributed by atoms with E-state index in [4.69, 9.17) is 9.84 Å². The zero-order valence-corrected chi connectivity index (χ0v) is 12.8. The third-order valence-electron chi connectivity index (χ3n) is 2.63. The number of carbonyl (C=O) groups excluding carboxylic acids is 2. The van der Waals surface area contributed by atoms with Gasteiger partial charge in [-0.05, 0) is 42.5 Å². The summed E-state index contributed by atoms with van der Waals surface area (Å²) in [5.41, 5.74) is 0.180. The molecule has 0 bridgehead atoms. The molecule has 0 spiro atoms. The number of hydrogen-bond acceptors (Lipinski definition) is 4. The highest BCUT2D eigenvalue weighted by Gasteiger charge is 2.15. The first-order valence-electron chi connectivity index (χ1n) is 6.17. The quantitative estimate of drug-likeness (QED) is 0.643. The van der Waals surface area contributed by atoms with Crippen LogP contribution in [-0.4, -0.2) is 23.6 Å². The summed E-state index contributed by atoms with van der Waals surface area (Å²) >= 11 is 3.12. The molecule has 2 aromatic rings. The second-order valence-corrected chi connectivity index (χ2v) is 5.21. The highest BCUT2D eigenvalue weighted by molar-refractivity contribution is 9.10. The van der Waals surface area contributed by atoms with Crippen molar-refractivity contribution in [3.8, 4) is 5.75 Å². The fourth-order valence-corrected chi connectivity index (χ4v) is 1.97. The number of carbonyl (C=O) groups is 2. The van der Waals surface area contributed by atoms with Crippen molar-refractivity contribution in [1.82, 2.24) is 0 Å². The van der Waals surface area contributed by atoms with E-state index in [9.17, 15) is 14.0 Å². The Morgan fingerprint density at radius 3 is 2.55 bits per heavy atom. The van der Waals surface area contributed by atoms with Gasteiger partial charge >= 0.3 is 5.97 Å². The first-order chi connectivity index (χ1) is 10.5. The van der Waals surface area contributed by atoms with Gasteiger partial charge in [0.25, 0.3) is 5.91 Å². The van der Waals surface area contributed by atoms with Crippen molar-refractivity contribution in [2.24, 2.45) is 0 Å². The molecule has 0 atom stereocenters. The topological polar surface area (TPSA) is 75.6 Å². The van der Waals surface area contributed by atoms with Crippen LogP contribution in [0.5, 0.6) is 5.75 Å². The molecular formula is C15H11BrFNO4. The highest BCUT2D eigenvalue weighted by Crippen LogP contribution is 2.17. The number of rotatable bonds is 4. The van der Waals surface area contributed by atoms with Gasteiger partial charge in [0.05, 0.1) is 5.56 Å². The lowest BCUT2D eigenvalue weighted by Gasteiger charge is -2.07. The summed E-state index contributed by atoms with van der Waals surface area (Å²) in [6, 6.07) is 9.62. The monoisotopic (exact) mass is 367 g/mol. The number of ether oxygens (including phenoxy) is 1. The molecule has 0 aliphatic carbocycles. The van der Waals surface area contributed by atoms with E-state index in [1.807, 2.05) is 0 Å². The number of halogens is 2. The first kappa shape index (κ1) is 16.0. The van der Waals surface area contributed by atoms with Crippen molar-refractivity contribution in [3.63, 3.8) is 0 Å². The molecular weight excluding hydrogens is 357 g/mol. The largest absolute Gasteiger partial charge is 0.508 e. The zero-order chi connectivity index (χ0) is 16.1. The molecule has 2 rings (SSSR count). The molecule has 0 aliphatic heterocycles. The Balaban J connectivity index is 1.91. The number of amides is 1. The van der Waals surface area contributed by atoms with Crippen molar-refractivity contribution in [2.45, 2.75) is 0 Å².